The summed E-state index contributed by atoms with van der Waals surface area (Å²) in [4.78, 5) is 0. The molecule has 2 aromatic carbocycles. The molecular weight excluding hydrogens is 409 g/mol. The highest BCUT2D eigenvalue weighted by Crippen LogP contribution is 2.43. The van der Waals surface area contributed by atoms with Crippen LogP contribution in [0.5, 0.6) is 5.75 Å². The van der Waals surface area contributed by atoms with Crippen molar-refractivity contribution >= 4 is 69.6 Å². The molecule has 118 valence electrons. The van der Waals surface area contributed by atoms with Crippen LogP contribution < -0.4 is 4.74 Å². The van der Waals surface area contributed by atoms with E-state index in [4.69, 9.17) is 74.3 Å². The molecule has 0 amide bonds. The second-order valence-corrected chi connectivity index (χ2v) is 6.99. The molecule has 7 heteroatoms. The van der Waals surface area contributed by atoms with Gasteiger partial charge in [0, 0.05) is 17.0 Å². The minimum atomic E-state index is 0.337. The Hall–Kier alpha value is -0.0200. The second-order valence-electron chi connectivity index (χ2n) is 4.60. The van der Waals surface area contributed by atoms with Crippen LogP contribution in [0.15, 0.2) is 12.1 Å². The first kappa shape index (κ1) is 18.3. The van der Waals surface area contributed by atoms with Crippen molar-refractivity contribution in [2.24, 2.45) is 0 Å². The fourth-order valence-corrected chi connectivity index (χ4v) is 3.68. The van der Waals surface area contributed by atoms with E-state index in [0.717, 1.165) is 11.1 Å². The molecule has 0 atom stereocenters. The fourth-order valence-electron chi connectivity index (χ4n) is 2.13. The van der Waals surface area contributed by atoms with Crippen molar-refractivity contribution in [1.29, 1.82) is 0 Å². The van der Waals surface area contributed by atoms with Gasteiger partial charge in [-0.1, -0.05) is 69.6 Å². The first-order valence-electron chi connectivity index (χ1n) is 6.11. The molecule has 0 saturated carbocycles. The number of methoxy groups -OCH3 is 1. The van der Waals surface area contributed by atoms with Crippen LogP contribution in [0, 0.1) is 6.92 Å². The zero-order chi connectivity index (χ0) is 16.6. The van der Waals surface area contributed by atoms with Crippen LogP contribution in [0.4, 0.5) is 0 Å². The number of hydrogen-bond acceptors (Lipinski definition) is 1. The normalized spacial score (nSPS) is 10.9. The average Bonchev–Trinajstić information content (AvgIpc) is 2.46. The standard InChI is InChI=1S/C15H10Cl6O/c1-6-7(13(20)10(17)4-9(6)16)3-8-14(21)11(18)5-12(19)15(8)22-2/h4-5H,3H2,1-2H3. The van der Waals surface area contributed by atoms with Crippen molar-refractivity contribution in [2.45, 2.75) is 13.3 Å². The van der Waals surface area contributed by atoms with Crippen LogP contribution in [-0.2, 0) is 6.42 Å². The van der Waals surface area contributed by atoms with E-state index in [1.807, 2.05) is 6.92 Å². The van der Waals surface area contributed by atoms with E-state index < -0.39 is 0 Å². The van der Waals surface area contributed by atoms with Crippen LogP contribution in [-0.4, -0.2) is 7.11 Å². The predicted molar refractivity (Wildman–Crippen MR) is 97.0 cm³/mol. The van der Waals surface area contributed by atoms with E-state index in [0.29, 0.717) is 47.9 Å². The van der Waals surface area contributed by atoms with Gasteiger partial charge in [-0.15, -0.1) is 0 Å². The highest BCUT2D eigenvalue weighted by molar-refractivity contribution is 6.45. The molecule has 0 fully saturated rings. The molecule has 0 spiro atoms. The molecule has 0 N–H and O–H groups in total. The number of halogens is 6. The Morgan fingerprint density at radius 2 is 1.27 bits per heavy atom. The third-order valence-corrected chi connectivity index (χ3v) is 5.64. The van der Waals surface area contributed by atoms with Gasteiger partial charge in [-0.05, 0) is 30.2 Å². The summed E-state index contributed by atoms with van der Waals surface area (Å²) < 4.78 is 5.34. The quantitative estimate of drug-likeness (QED) is 0.468. The lowest BCUT2D eigenvalue weighted by atomic mass is 9.99. The number of benzene rings is 2. The largest absolute Gasteiger partial charge is 0.495 e. The second kappa shape index (κ2) is 7.25. The Morgan fingerprint density at radius 1 is 0.773 bits per heavy atom. The molecule has 0 heterocycles. The third kappa shape index (κ3) is 3.40. The fraction of sp³-hybridized carbons (Fsp3) is 0.200. The lowest BCUT2D eigenvalue weighted by molar-refractivity contribution is 0.411. The highest BCUT2D eigenvalue weighted by atomic mass is 35.5. The maximum absolute atomic E-state index is 6.31. The monoisotopic (exact) mass is 416 g/mol. The molecule has 0 bridgehead atoms. The van der Waals surface area contributed by atoms with E-state index in [-0.39, 0.29) is 0 Å². The molecule has 2 aromatic rings. The minimum Gasteiger partial charge on any atom is -0.495 e. The van der Waals surface area contributed by atoms with Crippen LogP contribution in [0.1, 0.15) is 16.7 Å². The van der Waals surface area contributed by atoms with E-state index >= 15 is 0 Å². The van der Waals surface area contributed by atoms with Crippen LogP contribution >= 0.6 is 69.6 Å². The summed E-state index contributed by atoms with van der Waals surface area (Å²) in [5.74, 6) is 0.447. The van der Waals surface area contributed by atoms with E-state index in [1.165, 1.54) is 13.2 Å². The Morgan fingerprint density at radius 3 is 1.82 bits per heavy atom. The van der Waals surface area contributed by atoms with E-state index in [1.54, 1.807) is 6.07 Å². The van der Waals surface area contributed by atoms with Gasteiger partial charge in [-0.25, -0.2) is 0 Å². The molecule has 1 nitrogen and oxygen atoms in total. The number of hydrogen-bond donors (Lipinski definition) is 0. The summed E-state index contributed by atoms with van der Waals surface area (Å²) in [6, 6.07) is 3.14. The van der Waals surface area contributed by atoms with Gasteiger partial charge < -0.3 is 4.74 Å². The summed E-state index contributed by atoms with van der Waals surface area (Å²) in [5.41, 5.74) is 2.19. The smallest absolute Gasteiger partial charge is 0.142 e. The number of ether oxygens (including phenoxy) is 1. The van der Waals surface area contributed by atoms with Crippen molar-refractivity contribution in [3.8, 4) is 5.75 Å². The molecule has 0 aliphatic heterocycles. The predicted octanol–water partition coefficient (Wildman–Crippen LogP) is 7.51. The van der Waals surface area contributed by atoms with Gasteiger partial charge >= 0.3 is 0 Å². The van der Waals surface area contributed by atoms with Gasteiger partial charge in [0.25, 0.3) is 0 Å². The van der Waals surface area contributed by atoms with Gasteiger partial charge in [0.2, 0.25) is 0 Å². The molecule has 0 aromatic heterocycles. The highest BCUT2D eigenvalue weighted by Gasteiger charge is 2.20. The van der Waals surface area contributed by atoms with Gasteiger partial charge in [0.1, 0.15) is 5.75 Å². The van der Waals surface area contributed by atoms with Crippen molar-refractivity contribution in [3.63, 3.8) is 0 Å². The number of rotatable bonds is 3. The van der Waals surface area contributed by atoms with Gasteiger partial charge in [-0.3, -0.25) is 0 Å². The molecular formula is C15H10Cl6O. The first-order valence-corrected chi connectivity index (χ1v) is 8.38. The molecule has 0 unspecified atom stereocenters. The maximum Gasteiger partial charge on any atom is 0.142 e. The van der Waals surface area contributed by atoms with Crippen molar-refractivity contribution in [3.05, 3.63) is 59.0 Å². The summed E-state index contributed by atoms with van der Waals surface area (Å²) in [6.45, 7) is 1.85. The summed E-state index contributed by atoms with van der Waals surface area (Å²) in [5, 5.41) is 2.37. The Balaban J connectivity index is 2.67. The molecule has 2 rings (SSSR count). The average molecular weight is 419 g/mol. The van der Waals surface area contributed by atoms with Gasteiger partial charge in [-0.2, -0.15) is 0 Å². The van der Waals surface area contributed by atoms with E-state index in [9.17, 15) is 0 Å². The van der Waals surface area contributed by atoms with Crippen LogP contribution in [0.25, 0.3) is 0 Å². The lowest BCUT2D eigenvalue weighted by Gasteiger charge is -2.17. The van der Waals surface area contributed by atoms with Crippen molar-refractivity contribution in [1.82, 2.24) is 0 Å². The molecule has 0 radical (unpaired) electrons. The lowest BCUT2D eigenvalue weighted by Crippen LogP contribution is -2.00. The third-order valence-electron chi connectivity index (χ3n) is 3.32. The maximum atomic E-state index is 6.31. The molecule has 22 heavy (non-hydrogen) atoms. The van der Waals surface area contributed by atoms with Crippen LogP contribution in [0.3, 0.4) is 0 Å². The van der Waals surface area contributed by atoms with Crippen LogP contribution in [0.2, 0.25) is 30.1 Å². The summed E-state index contributed by atoms with van der Waals surface area (Å²) in [6.07, 6.45) is 0.341. The molecule has 0 saturated heterocycles. The SMILES string of the molecule is COc1c(Cl)cc(Cl)c(Cl)c1Cc1c(C)c(Cl)cc(Cl)c1Cl. The Bertz CT molecular complexity index is 716. The van der Waals surface area contributed by atoms with E-state index in [2.05, 4.69) is 0 Å². The zero-order valence-corrected chi connectivity index (χ0v) is 16.1. The molecule has 0 aliphatic rings. The first-order chi connectivity index (χ1) is 10.3. The zero-order valence-electron chi connectivity index (χ0n) is 11.5. The minimum absolute atomic E-state index is 0.337. The van der Waals surface area contributed by atoms with Gasteiger partial charge in [0.15, 0.2) is 0 Å². The Labute approximate surface area is 159 Å². The summed E-state index contributed by atoms with van der Waals surface area (Å²) >= 11 is 37.1. The van der Waals surface area contributed by atoms with Crippen molar-refractivity contribution < 1.29 is 4.74 Å². The Kier molecular flexibility index (Phi) is 6.04. The molecule has 0 aliphatic carbocycles. The topological polar surface area (TPSA) is 9.23 Å². The van der Waals surface area contributed by atoms with Gasteiger partial charge in [0.05, 0.1) is 32.2 Å². The summed E-state index contributed by atoms with van der Waals surface area (Å²) in [7, 11) is 1.51. The van der Waals surface area contributed by atoms with Crippen molar-refractivity contribution in [2.75, 3.05) is 7.11 Å².